The van der Waals surface area contributed by atoms with Crippen LogP contribution in [0.4, 0.5) is 0 Å². The van der Waals surface area contributed by atoms with Crippen LogP contribution in [-0.2, 0) is 4.74 Å². The first kappa shape index (κ1) is 9.19. The molecule has 2 nitrogen and oxygen atoms in total. The third-order valence-electron chi connectivity index (χ3n) is 2.29. The number of halogens is 1. The Kier molecular flexibility index (Phi) is 2.67. The van der Waals surface area contributed by atoms with Crippen LogP contribution in [0.1, 0.15) is 11.8 Å². The molecule has 1 saturated heterocycles. The first-order chi connectivity index (χ1) is 6.29. The van der Waals surface area contributed by atoms with Crippen LogP contribution in [0.3, 0.4) is 0 Å². The molecule has 1 aromatic rings. The van der Waals surface area contributed by atoms with E-state index in [0.29, 0.717) is 0 Å². The number of benzene rings is 1. The molecule has 0 amide bonds. The largest absolute Gasteiger partial charge is 0.357 e. The summed E-state index contributed by atoms with van der Waals surface area (Å²) in [5, 5.41) is 0. The third kappa shape index (κ3) is 1.77. The summed E-state index contributed by atoms with van der Waals surface area (Å²) in [5.41, 5.74) is 1.21. The summed E-state index contributed by atoms with van der Waals surface area (Å²) in [6.07, 6.45) is 0.121. The Morgan fingerprint density at radius 3 is 2.85 bits per heavy atom. The molecule has 0 radical (unpaired) electrons. The minimum Gasteiger partial charge on any atom is -0.357 e. The molecule has 0 aromatic heterocycles. The van der Waals surface area contributed by atoms with Gasteiger partial charge in [0.1, 0.15) is 6.23 Å². The fourth-order valence-electron chi connectivity index (χ4n) is 1.56. The van der Waals surface area contributed by atoms with Crippen molar-refractivity contribution in [1.29, 1.82) is 0 Å². The molecular formula is C10H12BrNO. The zero-order valence-electron chi connectivity index (χ0n) is 7.53. The molecule has 0 bridgehead atoms. The molecule has 1 heterocycles. The lowest BCUT2D eigenvalue weighted by Gasteiger charge is -2.19. The zero-order chi connectivity index (χ0) is 9.26. The van der Waals surface area contributed by atoms with Crippen molar-refractivity contribution in [2.75, 3.05) is 20.2 Å². The normalized spacial score (nSPS) is 23.7. The van der Waals surface area contributed by atoms with Gasteiger partial charge in [0.05, 0.1) is 6.61 Å². The Morgan fingerprint density at radius 2 is 2.23 bits per heavy atom. The Hall–Kier alpha value is -0.380. The van der Waals surface area contributed by atoms with E-state index in [1.54, 1.807) is 0 Å². The highest BCUT2D eigenvalue weighted by Crippen LogP contribution is 2.30. The monoisotopic (exact) mass is 241 g/mol. The fraction of sp³-hybridized carbons (Fsp3) is 0.400. The van der Waals surface area contributed by atoms with E-state index in [2.05, 4.69) is 33.9 Å². The van der Waals surface area contributed by atoms with E-state index in [1.807, 2.05) is 18.2 Å². The molecule has 0 aliphatic carbocycles. The summed E-state index contributed by atoms with van der Waals surface area (Å²) in [6, 6.07) is 8.19. The van der Waals surface area contributed by atoms with E-state index in [9.17, 15) is 0 Å². The maximum Gasteiger partial charge on any atom is 0.137 e. The van der Waals surface area contributed by atoms with Gasteiger partial charge in [-0.05, 0) is 13.1 Å². The molecule has 3 heteroatoms. The number of ether oxygens (including phenoxy) is 1. The van der Waals surface area contributed by atoms with Crippen molar-refractivity contribution >= 4 is 15.9 Å². The number of hydrogen-bond acceptors (Lipinski definition) is 2. The third-order valence-corrected chi connectivity index (χ3v) is 3.01. The molecule has 1 atom stereocenters. The van der Waals surface area contributed by atoms with Crippen LogP contribution < -0.4 is 0 Å². The predicted molar refractivity (Wildman–Crippen MR) is 55.5 cm³/mol. The molecule has 1 aliphatic heterocycles. The Labute approximate surface area is 86.6 Å². The van der Waals surface area contributed by atoms with Gasteiger partial charge in [-0.1, -0.05) is 34.1 Å². The van der Waals surface area contributed by atoms with Gasteiger partial charge in [-0.15, -0.1) is 0 Å². The van der Waals surface area contributed by atoms with E-state index in [-0.39, 0.29) is 6.23 Å². The van der Waals surface area contributed by atoms with Gasteiger partial charge >= 0.3 is 0 Å². The number of nitrogens with zero attached hydrogens (tertiary/aromatic N) is 1. The van der Waals surface area contributed by atoms with Gasteiger partial charge in [0, 0.05) is 16.6 Å². The SMILES string of the molecule is CN1CCO[C@@H]1c1ccccc1Br. The van der Waals surface area contributed by atoms with Gasteiger partial charge in [-0.3, -0.25) is 4.90 Å². The highest BCUT2D eigenvalue weighted by molar-refractivity contribution is 9.10. The molecule has 13 heavy (non-hydrogen) atoms. The predicted octanol–water partition coefficient (Wildman–Crippen LogP) is 2.41. The van der Waals surface area contributed by atoms with Gasteiger partial charge < -0.3 is 4.74 Å². The van der Waals surface area contributed by atoms with Crippen LogP contribution >= 0.6 is 15.9 Å². The minimum atomic E-state index is 0.121. The quantitative estimate of drug-likeness (QED) is 0.749. The van der Waals surface area contributed by atoms with Crippen LogP contribution in [0.5, 0.6) is 0 Å². The number of hydrogen-bond donors (Lipinski definition) is 0. The summed E-state index contributed by atoms with van der Waals surface area (Å²) in [5.74, 6) is 0. The van der Waals surface area contributed by atoms with Gasteiger partial charge in [0.15, 0.2) is 0 Å². The molecule has 0 spiro atoms. The van der Waals surface area contributed by atoms with E-state index in [0.717, 1.165) is 17.6 Å². The fourth-order valence-corrected chi connectivity index (χ4v) is 2.04. The van der Waals surface area contributed by atoms with E-state index < -0.39 is 0 Å². The zero-order valence-corrected chi connectivity index (χ0v) is 9.12. The van der Waals surface area contributed by atoms with Crippen LogP contribution in [0, 0.1) is 0 Å². The van der Waals surface area contributed by atoms with Crippen LogP contribution in [-0.4, -0.2) is 25.1 Å². The maximum atomic E-state index is 5.63. The van der Waals surface area contributed by atoms with Crippen LogP contribution in [0.15, 0.2) is 28.7 Å². The van der Waals surface area contributed by atoms with Crippen molar-refractivity contribution in [2.24, 2.45) is 0 Å². The Balaban J connectivity index is 2.29. The highest BCUT2D eigenvalue weighted by Gasteiger charge is 2.24. The Morgan fingerprint density at radius 1 is 1.46 bits per heavy atom. The lowest BCUT2D eigenvalue weighted by atomic mass is 10.2. The lowest BCUT2D eigenvalue weighted by Crippen LogP contribution is -2.18. The summed E-state index contributed by atoms with van der Waals surface area (Å²) in [7, 11) is 2.08. The summed E-state index contributed by atoms with van der Waals surface area (Å²) < 4.78 is 6.75. The first-order valence-electron chi connectivity index (χ1n) is 4.35. The van der Waals surface area contributed by atoms with Crippen LogP contribution in [0.25, 0.3) is 0 Å². The molecule has 0 saturated carbocycles. The molecular weight excluding hydrogens is 230 g/mol. The lowest BCUT2D eigenvalue weighted by molar-refractivity contribution is 0.0448. The second-order valence-electron chi connectivity index (χ2n) is 3.23. The van der Waals surface area contributed by atoms with Crippen molar-refractivity contribution in [3.05, 3.63) is 34.3 Å². The van der Waals surface area contributed by atoms with Gasteiger partial charge in [0.25, 0.3) is 0 Å². The highest BCUT2D eigenvalue weighted by atomic mass is 79.9. The summed E-state index contributed by atoms with van der Waals surface area (Å²) >= 11 is 3.53. The summed E-state index contributed by atoms with van der Waals surface area (Å²) in [4.78, 5) is 2.21. The minimum absolute atomic E-state index is 0.121. The molecule has 0 unspecified atom stereocenters. The maximum absolute atomic E-state index is 5.63. The van der Waals surface area contributed by atoms with E-state index in [4.69, 9.17) is 4.74 Å². The summed E-state index contributed by atoms with van der Waals surface area (Å²) in [6.45, 7) is 1.83. The molecule has 1 fully saturated rings. The Bertz CT molecular complexity index is 303. The van der Waals surface area contributed by atoms with Crippen molar-refractivity contribution in [1.82, 2.24) is 4.90 Å². The number of likely N-dealkylation sites (N-methyl/N-ethyl adjacent to an activating group) is 1. The average Bonchev–Trinajstić information content (AvgIpc) is 2.52. The standard InChI is InChI=1S/C10H12BrNO/c1-12-6-7-13-10(12)8-4-2-3-5-9(8)11/h2-5,10H,6-7H2,1H3/t10-/m1/s1. The molecule has 2 rings (SSSR count). The molecule has 70 valence electrons. The van der Waals surface area contributed by atoms with Crippen molar-refractivity contribution < 1.29 is 4.74 Å². The first-order valence-corrected chi connectivity index (χ1v) is 5.14. The van der Waals surface area contributed by atoms with E-state index in [1.165, 1.54) is 5.56 Å². The topological polar surface area (TPSA) is 12.5 Å². The molecule has 1 aliphatic rings. The van der Waals surface area contributed by atoms with E-state index >= 15 is 0 Å². The van der Waals surface area contributed by atoms with Crippen molar-refractivity contribution in [2.45, 2.75) is 6.23 Å². The molecule has 0 N–H and O–H groups in total. The van der Waals surface area contributed by atoms with Crippen molar-refractivity contribution in [3.63, 3.8) is 0 Å². The second-order valence-corrected chi connectivity index (χ2v) is 4.08. The average molecular weight is 242 g/mol. The van der Waals surface area contributed by atoms with Crippen LogP contribution in [0.2, 0.25) is 0 Å². The van der Waals surface area contributed by atoms with Crippen molar-refractivity contribution in [3.8, 4) is 0 Å². The number of rotatable bonds is 1. The molecule has 1 aromatic carbocycles. The van der Waals surface area contributed by atoms with Gasteiger partial charge in [0.2, 0.25) is 0 Å². The smallest absolute Gasteiger partial charge is 0.137 e. The van der Waals surface area contributed by atoms with Gasteiger partial charge in [-0.25, -0.2) is 0 Å². The van der Waals surface area contributed by atoms with Gasteiger partial charge in [-0.2, -0.15) is 0 Å². The second kappa shape index (κ2) is 3.78.